The highest BCUT2D eigenvalue weighted by molar-refractivity contribution is 5.30. The van der Waals surface area contributed by atoms with Crippen LogP contribution in [0.15, 0.2) is 42.7 Å². The highest BCUT2D eigenvalue weighted by Crippen LogP contribution is 2.25. The van der Waals surface area contributed by atoms with E-state index in [1.54, 1.807) is 12.4 Å². The van der Waals surface area contributed by atoms with Crippen LogP contribution in [0.4, 0.5) is 5.95 Å². The number of rotatable bonds is 4. The SMILES string of the molecule is CO[C@H]1CCN(c2ncccn2)C[C@H]1Cc1cccc(C)c1. The second-order valence-corrected chi connectivity index (χ2v) is 6.01. The Balaban J connectivity index is 1.74. The van der Waals surface area contributed by atoms with E-state index < -0.39 is 0 Å². The van der Waals surface area contributed by atoms with E-state index in [0.717, 1.165) is 31.9 Å². The zero-order valence-electron chi connectivity index (χ0n) is 13.3. The fourth-order valence-electron chi connectivity index (χ4n) is 3.30. The molecule has 2 heterocycles. The summed E-state index contributed by atoms with van der Waals surface area (Å²) in [7, 11) is 1.82. The van der Waals surface area contributed by atoms with Crippen LogP contribution in [0.3, 0.4) is 0 Å². The average molecular weight is 297 g/mol. The molecule has 1 fully saturated rings. The molecule has 2 aromatic rings. The molecular weight excluding hydrogens is 274 g/mol. The summed E-state index contributed by atoms with van der Waals surface area (Å²) in [6, 6.07) is 10.6. The van der Waals surface area contributed by atoms with Gasteiger partial charge in [0.05, 0.1) is 6.10 Å². The minimum Gasteiger partial charge on any atom is -0.381 e. The molecule has 1 aromatic heterocycles. The molecule has 1 aromatic carbocycles. The van der Waals surface area contributed by atoms with Gasteiger partial charge in [0.2, 0.25) is 5.95 Å². The molecule has 0 N–H and O–H groups in total. The number of hydrogen-bond acceptors (Lipinski definition) is 4. The fourth-order valence-corrected chi connectivity index (χ4v) is 3.30. The normalized spacial score (nSPS) is 21.8. The molecule has 1 saturated heterocycles. The molecular formula is C18H23N3O. The summed E-state index contributed by atoms with van der Waals surface area (Å²) in [5, 5.41) is 0. The number of aromatic nitrogens is 2. The maximum absolute atomic E-state index is 5.72. The van der Waals surface area contributed by atoms with Crippen LogP contribution in [0, 0.1) is 12.8 Å². The zero-order chi connectivity index (χ0) is 15.4. The van der Waals surface area contributed by atoms with Gasteiger partial charge in [-0.15, -0.1) is 0 Å². The van der Waals surface area contributed by atoms with Gasteiger partial charge in [0.15, 0.2) is 0 Å². The number of benzene rings is 1. The smallest absolute Gasteiger partial charge is 0.225 e. The van der Waals surface area contributed by atoms with E-state index in [1.165, 1.54) is 11.1 Å². The van der Waals surface area contributed by atoms with Crippen LogP contribution in [-0.2, 0) is 11.2 Å². The van der Waals surface area contributed by atoms with Crippen molar-refractivity contribution in [3.8, 4) is 0 Å². The molecule has 0 radical (unpaired) electrons. The minimum absolute atomic E-state index is 0.306. The van der Waals surface area contributed by atoms with Crippen molar-refractivity contribution < 1.29 is 4.74 Å². The van der Waals surface area contributed by atoms with E-state index >= 15 is 0 Å². The predicted octanol–water partition coefficient (Wildman–Crippen LogP) is 2.87. The maximum atomic E-state index is 5.72. The summed E-state index contributed by atoms with van der Waals surface area (Å²) >= 11 is 0. The molecule has 3 rings (SSSR count). The van der Waals surface area contributed by atoms with Crippen LogP contribution in [0.1, 0.15) is 17.5 Å². The van der Waals surface area contributed by atoms with E-state index in [1.807, 2.05) is 13.2 Å². The van der Waals surface area contributed by atoms with Crippen LogP contribution in [0.2, 0.25) is 0 Å². The predicted molar refractivity (Wildman–Crippen MR) is 88.0 cm³/mol. The molecule has 1 aliphatic rings. The first-order chi connectivity index (χ1) is 10.8. The Morgan fingerprint density at radius 3 is 2.77 bits per heavy atom. The Labute approximate surface area is 132 Å². The van der Waals surface area contributed by atoms with Crippen molar-refractivity contribution in [3.05, 3.63) is 53.9 Å². The summed E-state index contributed by atoms with van der Waals surface area (Å²) in [6.07, 6.45) is 5.97. The Morgan fingerprint density at radius 2 is 2.05 bits per heavy atom. The number of hydrogen-bond donors (Lipinski definition) is 0. The lowest BCUT2D eigenvalue weighted by molar-refractivity contribution is 0.0374. The molecule has 0 aliphatic carbocycles. The minimum atomic E-state index is 0.306. The summed E-state index contributed by atoms with van der Waals surface area (Å²) in [5.74, 6) is 1.29. The monoisotopic (exact) mass is 297 g/mol. The second kappa shape index (κ2) is 6.88. The number of anilines is 1. The average Bonchev–Trinajstić information content (AvgIpc) is 2.56. The Hall–Kier alpha value is -1.94. The van der Waals surface area contributed by atoms with E-state index in [9.17, 15) is 0 Å². The van der Waals surface area contributed by atoms with Gasteiger partial charge in [-0.3, -0.25) is 0 Å². The summed E-state index contributed by atoms with van der Waals surface area (Å²) in [4.78, 5) is 11.0. The summed E-state index contributed by atoms with van der Waals surface area (Å²) in [5.41, 5.74) is 2.69. The lowest BCUT2D eigenvalue weighted by Crippen LogP contribution is -2.45. The molecule has 0 spiro atoms. The molecule has 4 nitrogen and oxygen atoms in total. The van der Waals surface area contributed by atoms with Crippen LogP contribution in [0.5, 0.6) is 0 Å². The van der Waals surface area contributed by atoms with Crippen LogP contribution in [0.25, 0.3) is 0 Å². The van der Waals surface area contributed by atoms with E-state index in [-0.39, 0.29) is 0 Å². The van der Waals surface area contributed by atoms with Crippen LogP contribution in [-0.4, -0.2) is 36.3 Å². The largest absolute Gasteiger partial charge is 0.381 e. The highest BCUT2D eigenvalue weighted by atomic mass is 16.5. The maximum Gasteiger partial charge on any atom is 0.225 e. The van der Waals surface area contributed by atoms with Crippen LogP contribution < -0.4 is 4.90 Å². The van der Waals surface area contributed by atoms with Gasteiger partial charge in [-0.05, 0) is 31.4 Å². The number of nitrogens with zero attached hydrogens (tertiary/aromatic N) is 3. The van der Waals surface area contributed by atoms with E-state index in [4.69, 9.17) is 4.74 Å². The van der Waals surface area contributed by atoms with Gasteiger partial charge in [0.1, 0.15) is 0 Å². The standard InChI is InChI=1S/C18H23N3O/c1-14-5-3-6-15(11-14)12-16-13-21(10-7-17(16)22-2)18-19-8-4-9-20-18/h3-6,8-9,11,16-17H,7,10,12-13H2,1-2H3/t16-,17+/m1/s1. The molecule has 2 atom stereocenters. The van der Waals surface area contributed by atoms with Crippen molar-refractivity contribution in [1.29, 1.82) is 0 Å². The van der Waals surface area contributed by atoms with Gasteiger partial charge in [-0.2, -0.15) is 0 Å². The Kier molecular flexibility index (Phi) is 4.68. The van der Waals surface area contributed by atoms with Crippen molar-refractivity contribution in [1.82, 2.24) is 9.97 Å². The zero-order valence-corrected chi connectivity index (χ0v) is 13.3. The van der Waals surface area contributed by atoms with Gasteiger partial charge in [-0.1, -0.05) is 29.8 Å². The molecule has 1 aliphatic heterocycles. The van der Waals surface area contributed by atoms with Crippen LogP contribution >= 0.6 is 0 Å². The quantitative estimate of drug-likeness (QED) is 0.870. The molecule has 22 heavy (non-hydrogen) atoms. The first-order valence-electron chi connectivity index (χ1n) is 7.86. The Bertz CT molecular complexity index is 602. The van der Waals surface area contributed by atoms with E-state index in [0.29, 0.717) is 12.0 Å². The lowest BCUT2D eigenvalue weighted by atomic mass is 9.88. The molecule has 0 amide bonds. The molecule has 116 valence electrons. The molecule has 0 bridgehead atoms. The van der Waals surface area contributed by atoms with Crippen molar-refractivity contribution in [2.45, 2.75) is 25.9 Å². The van der Waals surface area contributed by atoms with Crippen molar-refractivity contribution in [3.63, 3.8) is 0 Å². The number of methoxy groups -OCH3 is 1. The van der Waals surface area contributed by atoms with Crippen molar-refractivity contribution >= 4 is 5.95 Å². The van der Waals surface area contributed by atoms with Gasteiger partial charge >= 0.3 is 0 Å². The second-order valence-electron chi connectivity index (χ2n) is 6.01. The van der Waals surface area contributed by atoms with Gasteiger partial charge < -0.3 is 9.64 Å². The van der Waals surface area contributed by atoms with Crippen molar-refractivity contribution in [2.24, 2.45) is 5.92 Å². The Morgan fingerprint density at radius 1 is 1.23 bits per heavy atom. The fraction of sp³-hybridized carbons (Fsp3) is 0.444. The van der Waals surface area contributed by atoms with E-state index in [2.05, 4.69) is 46.1 Å². The molecule has 0 unspecified atom stereocenters. The lowest BCUT2D eigenvalue weighted by Gasteiger charge is -2.38. The number of aryl methyl sites for hydroxylation is 1. The van der Waals surface area contributed by atoms with Gasteiger partial charge in [0, 0.05) is 38.5 Å². The third-order valence-electron chi connectivity index (χ3n) is 4.38. The van der Waals surface area contributed by atoms with Gasteiger partial charge in [0.25, 0.3) is 0 Å². The highest BCUT2D eigenvalue weighted by Gasteiger charge is 2.30. The summed E-state index contributed by atoms with van der Waals surface area (Å²) < 4.78 is 5.72. The molecule has 4 heteroatoms. The summed E-state index contributed by atoms with van der Waals surface area (Å²) in [6.45, 7) is 4.03. The topological polar surface area (TPSA) is 38.2 Å². The molecule has 0 saturated carbocycles. The first-order valence-corrected chi connectivity index (χ1v) is 7.86. The van der Waals surface area contributed by atoms with Crippen molar-refractivity contribution in [2.75, 3.05) is 25.1 Å². The third-order valence-corrected chi connectivity index (χ3v) is 4.38. The first kappa shape index (κ1) is 15.0. The van der Waals surface area contributed by atoms with Gasteiger partial charge in [-0.25, -0.2) is 9.97 Å². The number of piperidine rings is 1. The number of ether oxygens (including phenoxy) is 1. The third kappa shape index (κ3) is 3.45.